The van der Waals surface area contributed by atoms with Crippen molar-refractivity contribution in [2.45, 2.75) is 61.3 Å². The van der Waals surface area contributed by atoms with Gasteiger partial charge in [-0.3, -0.25) is 9.97 Å². The zero-order valence-corrected chi connectivity index (χ0v) is 33.3. The number of aryl methyl sites for hydroxylation is 5. The summed E-state index contributed by atoms with van der Waals surface area (Å²) < 4.78 is 5.82. The van der Waals surface area contributed by atoms with Gasteiger partial charge in [0.15, 0.2) is 0 Å². The monoisotopic (exact) mass is 858 g/mol. The first kappa shape index (κ1) is 36.8. The van der Waals surface area contributed by atoms with Crippen LogP contribution in [0.3, 0.4) is 0 Å². The van der Waals surface area contributed by atoms with Crippen molar-refractivity contribution in [3.8, 4) is 33.6 Å². The van der Waals surface area contributed by atoms with Crippen LogP contribution in [0.25, 0.3) is 66.3 Å². The Labute approximate surface area is 320 Å². The van der Waals surface area contributed by atoms with E-state index >= 15 is 0 Å². The Balaban J connectivity index is 0.000000230. The zero-order valence-electron chi connectivity index (χ0n) is 30.9. The molecule has 0 fully saturated rings. The van der Waals surface area contributed by atoms with Crippen molar-refractivity contribution < 1.29 is 24.5 Å². The van der Waals surface area contributed by atoms with Gasteiger partial charge in [-0.25, -0.2) is 0 Å². The summed E-state index contributed by atoms with van der Waals surface area (Å²) in [7, 11) is 0. The molecule has 4 aromatic heterocycles. The van der Waals surface area contributed by atoms with Crippen molar-refractivity contribution in [3.63, 3.8) is 0 Å². The molecule has 0 saturated heterocycles. The van der Waals surface area contributed by atoms with Gasteiger partial charge < -0.3 is 9.40 Å². The van der Waals surface area contributed by atoms with Gasteiger partial charge in [-0.15, -0.1) is 41.0 Å². The molecule has 0 aliphatic heterocycles. The first-order valence-electron chi connectivity index (χ1n) is 17.8. The number of benzene rings is 4. The van der Waals surface area contributed by atoms with E-state index in [0.717, 1.165) is 68.5 Å². The maximum atomic E-state index is 5.82. The zero-order chi connectivity index (χ0) is 35.6. The fraction of sp³-hybridized carbons (Fsp3) is 0.213. The van der Waals surface area contributed by atoms with Crippen molar-refractivity contribution >= 4 is 32.6 Å². The summed E-state index contributed by atoms with van der Waals surface area (Å²) in [6.07, 6.45) is 7.50. The largest absolute Gasteiger partial charge is 0.506 e. The van der Waals surface area contributed by atoms with E-state index in [-0.39, 0.29) is 20.1 Å². The van der Waals surface area contributed by atoms with E-state index in [1.807, 2.05) is 24.5 Å². The Bertz CT molecular complexity index is 2480. The average Bonchev–Trinajstić information content (AvgIpc) is 3.62. The number of nitrogens with zero attached hydrogens (tertiary/aromatic N) is 3. The van der Waals surface area contributed by atoms with E-state index in [1.165, 1.54) is 44.2 Å². The number of hydrogen-bond donors (Lipinski definition) is 0. The predicted molar refractivity (Wildman–Crippen MR) is 212 cm³/mol. The van der Waals surface area contributed by atoms with Gasteiger partial charge in [0.25, 0.3) is 0 Å². The van der Waals surface area contributed by atoms with Gasteiger partial charge in [-0.1, -0.05) is 111 Å². The number of pyridine rings is 3. The molecule has 0 spiro atoms. The van der Waals surface area contributed by atoms with Crippen LogP contribution in [0.5, 0.6) is 0 Å². The maximum Gasteiger partial charge on any atom is 0.0847 e. The normalized spacial score (nSPS) is 11.2. The Morgan fingerprint density at radius 3 is 2.27 bits per heavy atom. The Kier molecular flexibility index (Phi) is 11.1. The predicted octanol–water partition coefficient (Wildman–Crippen LogP) is 12.2. The van der Waals surface area contributed by atoms with Crippen molar-refractivity contribution in [2.75, 3.05) is 0 Å². The van der Waals surface area contributed by atoms with Crippen molar-refractivity contribution in [3.05, 3.63) is 149 Å². The fourth-order valence-electron chi connectivity index (χ4n) is 6.43. The molecular weight excluding hydrogens is 815 g/mol. The molecule has 4 nitrogen and oxygen atoms in total. The van der Waals surface area contributed by atoms with Crippen LogP contribution in [0.4, 0.5) is 0 Å². The average molecular weight is 858 g/mol. The number of rotatable bonds is 6. The summed E-state index contributed by atoms with van der Waals surface area (Å²) in [5.74, 6) is 0.538. The molecule has 5 heteroatoms. The minimum absolute atomic E-state index is 0. The molecule has 0 saturated carbocycles. The van der Waals surface area contributed by atoms with Crippen LogP contribution in [0.2, 0.25) is 0 Å². The van der Waals surface area contributed by atoms with E-state index in [4.69, 9.17) is 14.4 Å². The summed E-state index contributed by atoms with van der Waals surface area (Å²) in [5.41, 5.74) is 15.4. The Morgan fingerprint density at radius 1 is 0.731 bits per heavy atom. The molecule has 0 aliphatic carbocycles. The van der Waals surface area contributed by atoms with Gasteiger partial charge in [-0.2, -0.15) is 0 Å². The SMILES string of the molecule is CCc1ccc2cc(-c3ccnc(-c4[c-]c5ccoc5c5nc(CC(C)C)ccc45)c3)ccc2c1.Cc1c[c-]c(-c2cc(C)c(C)cn2)cc1C.[Ir]. The molecule has 0 aliphatic rings. The summed E-state index contributed by atoms with van der Waals surface area (Å²) in [5, 5.41) is 4.45. The molecule has 1 radical (unpaired) electrons. The molecule has 4 heterocycles. The van der Waals surface area contributed by atoms with Crippen molar-refractivity contribution in [2.24, 2.45) is 5.92 Å². The fourth-order valence-corrected chi connectivity index (χ4v) is 6.43. The molecule has 0 bridgehead atoms. The van der Waals surface area contributed by atoms with Crippen LogP contribution in [0.1, 0.15) is 54.3 Å². The van der Waals surface area contributed by atoms with Gasteiger partial charge in [0, 0.05) is 55.7 Å². The Morgan fingerprint density at radius 2 is 1.50 bits per heavy atom. The standard InChI is InChI=1S/C32H27N2O.C15H16N.Ir/c1-4-21-5-6-23-17-24(8-7-22(23)16-21)25-11-13-33-30(19-25)29-18-26-12-14-35-32(26)31-28(29)10-9-27(34-31)15-20(2)3;1-10-5-6-14(7-11(10)2)15-8-12(3)13(4)9-16-15;/h5-14,16-17,19-20H,4,15H2,1-3H3;5,7-9H,1-4H3;/q2*-1;. The number of hydrogen-bond acceptors (Lipinski definition) is 4. The van der Waals surface area contributed by atoms with Gasteiger partial charge in [0.1, 0.15) is 0 Å². The summed E-state index contributed by atoms with van der Waals surface area (Å²) >= 11 is 0. The molecule has 52 heavy (non-hydrogen) atoms. The van der Waals surface area contributed by atoms with Crippen molar-refractivity contribution in [1.82, 2.24) is 15.0 Å². The minimum Gasteiger partial charge on any atom is -0.506 e. The first-order valence-corrected chi connectivity index (χ1v) is 17.8. The summed E-state index contributed by atoms with van der Waals surface area (Å²) in [6, 6.07) is 36.9. The van der Waals surface area contributed by atoms with Crippen LogP contribution < -0.4 is 0 Å². The van der Waals surface area contributed by atoms with Gasteiger partial charge in [0.05, 0.1) is 5.58 Å². The second kappa shape index (κ2) is 15.7. The van der Waals surface area contributed by atoms with Gasteiger partial charge >= 0.3 is 0 Å². The second-order valence-corrected chi connectivity index (χ2v) is 14.0. The van der Waals surface area contributed by atoms with E-state index in [1.54, 1.807) is 6.26 Å². The molecule has 0 unspecified atom stereocenters. The van der Waals surface area contributed by atoms with Crippen LogP contribution in [-0.2, 0) is 32.9 Å². The number of aromatic nitrogens is 3. The molecule has 0 amide bonds. The summed E-state index contributed by atoms with van der Waals surface area (Å²) in [6.45, 7) is 15.0. The van der Waals surface area contributed by atoms with Gasteiger partial charge in [-0.05, 0) is 89.5 Å². The van der Waals surface area contributed by atoms with Crippen LogP contribution in [0.15, 0.2) is 108 Å². The molecule has 4 aromatic carbocycles. The van der Waals surface area contributed by atoms with E-state index in [0.29, 0.717) is 5.92 Å². The third-order valence-corrected chi connectivity index (χ3v) is 9.72. The van der Waals surface area contributed by atoms with Crippen LogP contribution in [0, 0.1) is 45.7 Å². The smallest absolute Gasteiger partial charge is 0.0847 e. The number of furan rings is 1. The quantitative estimate of drug-likeness (QED) is 0.156. The molecule has 263 valence electrons. The maximum absolute atomic E-state index is 5.82. The molecule has 8 aromatic rings. The van der Waals surface area contributed by atoms with Crippen LogP contribution in [-0.4, -0.2) is 15.0 Å². The molecule has 0 N–H and O–H groups in total. The Hall–Kier alpha value is -4.96. The number of fused-ring (bicyclic) bond motifs is 4. The first-order chi connectivity index (χ1) is 24.7. The molecular formula is C47H43IrN3O-2. The topological polar surface area (TPSA) is 51.8 Å². The van der Waals surface area contributed by atoms with E-state index in [9.17, 15) is 0 Å². The van der Waals surface area contributed by atoms with Crippen molar-refractivity contribution in [1.29, 1.82) is 0 Å². The summed E-state index contributed by atoms with van der Waals surface area (Å²) in [4.78, 5) is 14.2. The minimum atomic E-state index is 0. The van der Waals surface area contributed by atoms with E-state index < -0.39 is 0 Å². The molecule has 8 rings (SSSR count). The third-order valence-electron chi connectivity index (χ3n) is 9.72. The van der Waals surface area contributed by atoms with Gasteiger partial charge in [0.2, 0.25) is 0 Å². The van der Waals surface area contributed by atoms with E-state index in [2.05, 4.69) is 138 Å². The molecule has 0 atom stereocenters. The van der Waals surface area contributed by atoms with Crippen LogP contribution >= 0.6 is 0 Å². The third kappa shape index (κ3) is 7.77. The second-order valence-electron chi connectivity index (χ2n) is 14.0.